The van der Waals surface area contributed by atoms with Crippen LogP contribution in [-0.2, 0) is 29.0 Å². The fraction of sp³-hybridized carbons (Fsp3) is 0.500. The Morgan fingerprint density at radius 3 is 3.07 bits per heavy atom. The summed E-state index contributed by atoms with van der Waals surface area (Å²) in [6.07, 6.45) is 5.41. The summed E-state index contributed by atoms with van der Waals surface area (Å²) >= 11 is 0. The number of hydrogen-bond donors (Lipinski definition) is 0. The number of aromatic nitrogens is 1. The predicted octanol–water partition coefficient (Wildman–Crippen LogP) is 1.94. The molecule has 0 N–H and O–H groups in total. The third-order valence-corrected chi connectivity index (χ3v) is 2.93. The molecule has 15 heavy (non-hydrogen) atoms. The van der Waals surface area contributed by atoms with Gasteiger partial charge in [0.05, 0.1) is 5.69 Å². The minimum atomic E-state index is -0.253. The maximum absolute atomic E-state index is 10.7. The Kier molecular flexibility index (Phi) is 2.71. The van der Waals surface area contributed by atoms with Gasteiger partial charge in [0.25, 0.3) is 0 Å². The zero-order valence-electron chi connectivity index (χ0n) is 9.17. The van der Waals surface area contributed by atoms with Gasteiger partial charge in [-0.15, -0.1) is 0 Å². The first-order valence-electron chi connectivity index (χ1n) is 5.28. The molecule has 1 aliphatic rings. The maximum Gasteiger partial charge on any atom is 0.303 e. The lowest BCUT2D eigenvalue weighted by molar-refractivity contribution is -0.142. The lowest BCUT2D eigenvalue weighted by atomic mass is 10.1. The lowest BCUT2D eigenvalue weighted by Crippen LogP contribution is -2.05. The summed E-state index contributed by atoms with van der Waals surface area (Å²) in [5.41, 5.74) is 4.86. The number of nitrogens with zero attached hydrogens (tertiary/aromatic N) is 1. The number of aryl methyl sites for hydroxylation is 1. The van der Waals surface area contributed by atoms with Crippen LogP contribution in [0, 0.1) is 6.92 Å². The van der Waals surface area contributed by atoms with E-state index in [4.69, 9.17) is 4.74 Å². The second kappa shape index (κ2) is 4.01. The second-order valence-electron chi connectivity index (χ2n) is 3.97. The average Bonchev–Trinajstić information content (AvgIpc) is 2.65. The van der Waals surface area contributed by atoms with Gasteiger partial charge in [-0.05, 0) is 42.9 Å². The smallest absolute Gasteiger partial charge is 0.303 e. The highest BCUT2D eigenvalue weighted by Crippen LogP contribution is 2.25. The Labute approximate surface area is 89.5 Å². The average molecular weight is 205 g/mol. The van der Waals surface area contributed by atoms with Crippen LogP contribution in [-0.4, -0.2) is 11.0 Å². The minimum Gasteiger partial charge on any atom is -0.459 e. The largest absolute Gasteiger partial charge is 0.459 e. The Morgan fingerprint density at radius 2 is 2.33 bits per heavy atom. The molecular formula is C12H15NO2. The van der Waals surface area contributed by atoms with Crippen molar-refractivity contribution in [2.75, 3.05) is 0 Å². The van der Waals surface area contributed by atoms with Crippen molar-refractivity contribution in [1.29, 1.82) is 0 Å². The van der Waals surface area contributed by atoms with Crippen LogP contribution in [0.4, 0.5) is 0 Å². The van der Waals surface area contributed by atoms with Gasteiger partial charge >= 0.3 is 5.97 Å². The summed E-state index contributed by atoms with van der Waals surface area (Å²) in [6.45, 7) is 3.78. The van der Waals surface area contributed by atoms with Crippen LogP contribution in [0.3, 0.4) is 0 Å². The van der Waals surface area contributed by atoms with E-state index in [9.17, 15) is 4.79 Å². The summed E-state index contributed by atoms with van der Waals surface area (Å²) in [5, 5.41) is 0. The van der Waals surface area contributed by atoms with Crippen molar-refractivity contribution >= 4 is 5.97 Å². The number of rotatable bonds is 2. The molecule has 80 valence electrons. The predicted molar refractivity (Wildman–Crippen MR) is 56.5 cm³/mol. The number of pyridine rings is 1. The van der Waals surface area contributed by atoms with Crippen LogP contribution in [0.15, 0.2) is 6.20 Å². The first-order chi connectivity index (χ1) is 7.18. The number of hydrogen-bond acceptors (Lipinski definition) is 3. The number of ether oxygens (including phenoxy) is 1. The molecule has 0 atom stereocenters. The van der Waals surface area contributed by atoms with Gasteiger partial charge in [0.2, 0.25) is 0 Å². The van der Waals surface area contributed by atoms with E-state index >= 15 is 0 Å². The molecule has 0 unspecified atom stereocenters. The SMILES string of the molecule is CC(=O)OCc1ncc2c(c1C)CCC2. The molecule has 3 heteroatoms. The molecular weight excluding hydrogens is 190 g/mol. The van der Waals surface area contributed by atoms with E-state index in [2.05, 4.69) is 11.9 Å². The molecule has 0 aliphatic heterocycles. The number of carbonyl (C=O) groups is 1. The van der Waals surface area contributed by atoms with Gasteiger partial charge in [-0.2, -0.15) is 0 Å². The maximum atomic E-state index is 10.7. The number of carbonyl (C=O) groups excluding carboxylic acids is 1. The van der Waals surface area contributed by atoms with Gasteiger partial charge < -0.3 is 4.74 Å². The Morgan fingerprint density at radius 1 is 1.53 bits per heavy atom. The Hall–Kier alpha value is -1.38. The zero-order valence-corrected chi connectivity index (χ0v) is 9.17. The third-order valence-electron chi connectivity index (χ3n) is 2.93. The van der Waals surface area contributed by atoms with Crippen molar-refractivity contribution < 1.29 is 9.53 Å². The van der Waals surface area contributed by atoms with Crippen molar-refractivity contribution in [1.82, 2.24) is 4.98 Å². The Bertz CT molecular complexity index is 399. The van der Waals surface area contributed by atoms with Crippen molar-refractivity contribution in [3.05, 3.63) is 28.6 Å². The molecule has 3 nitrogen and oxygen atoms in total. The van der Waals surface area contributed by atoms with E-state index < -0.39 is 0 Å². The van der Waals surface area contributed by atoms with E-state index in [1.165, 1.54) is 30.0 Å². The quantitative estimate of drug-likeness (QED) is 0.693. The highest BCUT2D eigenvalue weighted by molar-refractivity contribution is 5.65. The monoisotopic (exact) mass is 205 g/mol. The molecule has 0 saturated carbocycles. The minimum absolute atomic E-state index is 0.253. The molecule has 0 saturated heterocycles. The van der Waals surface area contributed by atoms with Crippen molar-refractivity contribution in [3.8, 4) is 0 Å². The molecule has 0 amide bonds. The molecule has 2 rings (SSSR count). The number of esters is 1. The summed E-state index contributed by atoms with van der Waals surface area (Å²) < 4.78 is 4.97. The third kappa shape index (κ3) is 2.01. The zero-order chi connectivity index (χ0) is 10.8. The van der Waals surface area contributed by atoms with Crippen LogP contribution < -0.4 is 0 Å². The Balaban J connectivity index is 2.22. The van der Waals surface area contributed by atoms with Crippen molar-refractivity contribution in [3.63, 3.8) is 0 Å². The molecule has 0 spiro atoms. The molecule has 0 radical (unpaired) electrons. The van der Waals surface area contributed by atoms with Gasteiger partial charge in [0, 0.05) is 13.1 Å². The molecule has 1 aliphatic carbocycles. The van der Waals surface area contributed by atoms with Crippen LogP contribution in [0.25, 0.3) is 0 Å². The van der Waals surface area contributed by atoms with Crippen LogP contribution in [0.1, 0.15) is 35.7 Å². The van der Waals surface area contributed by atoms with E-state index in [0.717, 1.165) is 18.5 Å². The van der Waals surface area contributed by atoms with E-state index in [0.29, 0.717) is 6.61 Å². The van der Waals surface area contributed by atoms with Gasteiger partial charge in [0.15, 0.2) is 0 Å². The van der Waals surface area contributed by atoms with Crippen LogP contribution >= 0.6 is 0 Å². The standard InChI is InChI=1S/C12H15NO2/c1-8-11-5-3-4-10(11)6-13-12(8)7-15-9(2)14/h6H,3-5,7H2,1-2H3. The first kappa shape index (κ1) is 10.1. The first-order valence-corrected chi connectivity index (χ1v) is 5.28. The van der Waals surface area contributed by atoms with Gasteiger partial charge in [-0.3, -0.25) is 9.78 Å². The van der Waals surface area contributed by atoms with Gasteiger partial charge in [-0.1, -0.05) is 0 Å². The van der Waals surface area contributed by atoms with Crippen molar-refractivity contribution in [2.24, 2.45) is 0 Å². The normalized spacial score (nSPS) is 13.7. The summed E-state index contributed by atoms with van der Waals surface area (Å²) in [4.78, 5) is 15.1. The topological polar surface area (TPSA) is 39.2 Å². The van der Waals surface area contributed by atoms with Crippen LogP contribution in [0.5, 0.6) is 0 Å². The second-order valence-corrected chi connectivity index (χ2v) is 3.97. The molecule has 1 aromatic heterocycles. The molecule has 0 aromatic carbocycles. The molecule has 0 bridgehead atoms. The van der Waals surface area contributed by atoms with E-state index in [1.54, 1.807) is 0 Å². The lowest BCUT2D eigenvalue weighted by Gasteiger charge is -2.09. The van der Waals surface area contributed by atoms with E-state index in [-0.39, 0.29) is 5.97 Å². The molecule has 1 heterocycles. The summed E-state index contributed by atoms with van der Waals surface area (Å²) in [5.74, 6) is -0.253. The van der Waals surface area contributed by atoms with Crippen LogP contribution in [0.2, 0.25) is 0 Å². The number of fused-ring (bicyclic) bond motifs is 1. The molecule has 0 fully saturated rings. The highest BCUT2D eigenvalue weighted by Gasteiger charge is 2.16. The molecule has 1 aromatic rings. The van der Waals surface area contributed by atoms with Gasteiger partial charge in [0.1, 0.15) is 6.61 Å². The van der Waals surface area contributed by atoms with Gasteiger partial charge in [-0.25, -0.2) is 0 Å². The summed E-state index contributed by atoms with van der Waals surface area (Å²) in [6, 6.07) is 0. The van der Waals surface area contributed by atoms with Crippen molar-refractivity contribution in [2.45, 2.75) is 39.7 Å². The summed E-state index contributed by atoms with van der Waals surface area (Å²) in [7, 11) is 0. The fourth-order valence-corrected chi connectivity index (χ4v) is 2.08. The van der Waals surface area contributed by atoms with E-state index in [1.807, 2.05) is 6.20 Å². The highest BCUT2D eigenvalue weighted by atomic mass is 16.5. The fourth-order valence-electron chi connectivity index (χ4n) is 2.08.